The van der Waals surface area contributed by atoms with Gasteiger partial charge in [0.15, 0.2) is 0 Å². The second kappa shape index (κ2) is 6.97. The molecule has 0 aliphatic rings. The van der Waals surface area contributed by atoms with Gasteiger partial charge in [0.2, 0.25) is 0 Å². The number of halogens is 3. The van der Waals surface area contributed by atoms with Crippen LogP contribution in [0.4, 0.5) is 12.9 Å². The number of hydrogen-bond acceptors (Lipinski definition) is 1. The Kier molecular flexibility index (Phi) is 7.26. The van der Waals surface area contributed by atoms with Crippen LogP contribution in [0.5, 0.6) is 5.75 Å². The van der Waals surface area contributed by atoms with Gasteiger partial charge in [-0.3, -0.25) is 12.9 Å². The fourth-order valence-corrected chi connectivity index (χ4v) is 1.07. The van der Waals surface area contributed by atoms with E-state index in [4.69, 9.17) is 5.11 Å². The predicted octanol–water partition coefficient (Wildman–Crippen LogP) is 1.07. The summed E-state index contributed by atoms with van der Waals surface area (Å²) in [6, 6.07) is 7.35. The van der Waals surface area contributed by atoms with E-state index in [-0.39, 0.29) is 0 Å². The third-order valence-corrected chi connectivity index (χ3v) is 2.08. The molecule has 0 aliphatic heterocycles. The van der Waals surface area contributed by atoms with Crippen molar-refractivity contribution < 1.29 is 18.1 Å². The Morgan fingerprint density at radius 3 is 1.67 bits per heavy atom. The van der Waals surface area contributed by atoms with Gasteiger partial charge in [-0.05, 0) is 0 Å². The summed E-state index contributed by atoms with van der Waals surface area (Å²) in [4.78, 5) is 0. The third-order valence-electron chi connectivity index (χ3n) is 1.03. The standard InChI is InChI=1S/C6H5O.BF3.K/c7-6-4-2-1-3-5-6;2-1(3)4;/h2-5,7H;;. The fraction of sp³-hybridized carbons (Fsp3) is 0. The van der Waals surface area contributed by atoms with Crippen LogP contribution in [-0.2, 0) is 0 Å². The Labute approximate surface area is 103 Å². The van der Waals surface area contributed by atoms with Gasteiger partial charge >= 0.3 is 91.3 Å². The molecule has 0 unspecified atom stereocenters. The molecule has 12 heavy (non-hydrogen) atoms. The molecule has 1 nitrogen and oxygen atoms in total. The van der Waals surface area contributed by atoms with Crippen LogP contribution in [0.3, 0.4) is 0 Å². The van der Waals surface area contributed by atoms with Gasteiger partial charge in [-0.2, -0.15) is 0 Å². The van der Waals surface area contributed by atoms with Crippen molar-refractivity contribution in [1.29, 1.82) is 0 Å². The SMILES string of the molecule is FB(F)F.Oc1cc[c]([K])cc1. The van der Waals surface area contributed by atoms with Gasteiger partial charge in [-0.1, -0.05) is 0 Å². The van der Waals surface area contributed by atoms with Gasteiger partial charge in [0.05, 0.1) is 0 Å². The Balaban J connectivity index is 0.000000261. The van der Waals surface area contributed by atoms with Crippen LogP contribution in [0.1, 0.15) is 0 Å². The number of rotatable bonds is 0. The summed E-state index contributed by atoms with van der Waals surface area (Å²) in [5.41, 5.74) is 0. The Bertz CT molecular complexity index is 193. The molecule has 0 heterocycles. The van der Waals surface area contributed by atoms with Crippen molar-refractivity contribution in [3.63, 3.8) is 0 Å². The van der Waals surface area contributed by atoms with Crippen LogP contribution in [0.2, 0.25) is 0 Å². The molecular weight excluding hydrogens is 195 g/mol. The van der Waals surface area contributed by atoms with Crippen molar-refractivity contribution in [2.24, 2.45) is 0 Å². The number of aromatic hydroxyl groups is 1. The average molecular weight is 200 g/mol. The Morgan fingerprint density at radius 1 is 1.08 bits per heavy atom. The molecule has 0 aliphatic carbocycles. The normalized spacial score (nSPS) is 8.42. The number of hydrogen-bond donors (Lipinski definition) is 1. The molecule has 1 aromatic rings. The Hall–Kier alpha value is 0.511. The van der Waals surface area contributed by atoms with E-state index in [0.717, 1.165) is 49.0 Å². The fourth-order valence-electron chi connectivity index (χ4n) is 0.545. The van der Waals surface area contributed by atoms with Crippen LogP contribution >= 0.6 is 0 Å². The first-order chi connectivity index (χ1) is 5.52. The number of phenols is 1. The minimum absolute atomic E-state index is 0.359. The monoisotopic (exact) mass is 200 g/mol. The van der Waals surface area contributed by atoms with Gasteiger partial charge in [0.25, 0.3) is 0 Å². The van der Waals surface area contributed by atoms with Crippen LogP contribution < -0.4 is -0.342 Å². The first-order valence-electron chi connectivity index (χ1n) is 3.20. The summed E-state index contributed by atoms with van der Waals surface area (Å²) >= 11 is 0.737. The topological polar surface area (TPSA) is 20.2 Å². The van der Waals surface area contributed by atoms with Crippen LogP contribution in [0, 0.1) is 0 Å². The quantitative estimate of drug-likeness (QED) is 0.621. The molecule has 0 fully saturated rings. The number of phenolic OH excluding ortho intramolecular Hbond substituents is 1. The maximum atomic E-state index is 9.67. The third kappa shape index (κ3) is 8.61. The molecule has 1 rings (SSSR count). The van der Waals surface area contributed by atoms with Crippen molar-refractivity contribution >= 4 is 56.2 Å². The Morgan fingerprint density at radius 2 is 1.42 bits per heavy atom. The van der Waals surface area contributed by atoms with Gasteiger partial charge in [-0.15, -0.1) is 0 Å². The van der Waals surface area contributed by atoms with Crippen LogP contribution in [0.25, 0.3) is 0 Å². The summed E-state index contributed by atoms with van der Waals surface area (Å²) in [6.07, 6.45) is 0. The van der Waals surface area contributed by atoms with Gasteiger partial charge in [0.1, 0.15) is 0 Å². The van der Waals surface area contributed by atoms with Crippen LogP contribution in [-0.4, -0.2) is 61.6 Å². The molecule has 0 atom stereocenters. The molecule has 0 aromatic heterocycles. The van der Waals surface area contributed by atoms with E-state index >= 15 is 0 Å². The summed E-state index contributed by atoms with van der Waals surface area (Å²) in [6.45, 7) is 0. The van der Waals surface area contributed by atoms with Crippen molar-refractivity contribution in [2.45, 2.75) is 0 Å². The zero-order valence-electron chi connectivity index (χ0n) is 6.47. The summed E-state index contributed by atoms with van der Waals surface area (Å²) in [5.74, 6) is 0.359. The first-order valence-corrected chi connectivity index (χ1v) is 4.76. The van der Waals surface area contributed by atoms with E-state index in [2.05, 4.69) is 0 Å². The molecule has 0 radical (unpaired) electrons. The van der Waals surface area contributed by atoms with Crippen LogP contribution in [0.15, 0.2) is 24.3 Å². The second-order valence-electron chi connectivity index (χ2n) is 2.08. The molecule has 0 amide bonds. The zero-order valence-corrected chi connectivity index (χ0v) is 9.59. The molecule has 60 valence electrons. The second-order valence-corrected chi connectivity index (χ2v) is 3.89. The zero-order chi connectivity index (χ0) is 9.56. The molecule has 1 aromatic carbocycles. The molecule has 6 heteroatoms. The first kappa shape index (κ1) is 12.5. The van der Waals surface area contributed by atoms with Crippen molar-refractivity contribution in [1.82, 2.24) is 0 Å². The van der Waals surface area contributed by atoms with Gasteiger partial charge in [0, 0.05) is 0 Å². The van der Waals surface area contributed by atoms with E-state index in [0.29, 0.717) is 5.75 Å². The minimum atomic E-state index is -3.67. The summed E-state index contributed by atoms with van der Waals surface area (Å²) in [7, 11) is -3.67. The summed E-state index contributed by atoms with van der Waals surface area (Å²) in [5, 5.41) is 8.78. The summed E-state index contributed by atoms with van der Waals surface area (Å²) < 4.78 is 30.4. The molecular formula is C6H5BF3KO. The van der Waals surface area contributed by atoms with E-state index in [1.807, 2.05) is 12.1 Å². The number of benzene rings is 1. The predicted molar refractivity (Wildman–Crippen MR) is 42.6 cm³/mol. The average Bonchev–Trinajstić information content (AvgIpc) is 1.94. The van der Waals surface area contributed by atoms with Gasteiger partial charge in [-0.25, -0.2) is 0 Å². The van der Waals surface area contributed by atoms with E-state index in [9.17, 15) is 12.9 Å². The van der Waals surface area contributed by atoms with E-state index < -0.39 is 7.54 Å². The molecule has 0 spiro atoms. The van der Waals surface area contributed by atoms with Crippen molar-refractivity contribution in [3.8, 4) is 5.75 Å². The van der Waals surface area contributed by atoms with E-state index in [1.54, 1.807) is 12.1 Å². The van der Waals surface area contributed by atoms with Crippen molar-refractivity contribution in [3.05, 3.63) is 24.3 Å². The maximum absolute atomic E-state index is 9.67. The molecule has 0 saturated carbocycles. The molecule has 0 bridgehead atoms. The molecule has 0 saturated heterocycles. The van der Waals surface area contributed by atoms with Crippen molar-refractivity contribution in [2.75, 3.05) is 0 Å². The van der Waals surface area contributed by atoms with Gasteiger partial charge < -0.3 is 0 Å². The molecule has 1 N–H and O–H groups in total. The van der Waals surface area contributed by atoms with E-state index in [1.165, 1.54) is -0.342 Å².